The number of methoxy groups -OCH3 is 1. The Morgan fingerprint density at radius 3 is 2.53 bits per heavy atom. The minimum atomic E-state index is -2.94. The van der Waals surface area contributed by atoms with Crippen LogP contribution in [0.3, 0.4) is 0 Å². The number of carbonyl (C=O) groups is 1. The Labute approximate surface area is 91.1 Å². The summed E-state index contributed by atoms with van der Waals surface area (Å²) in [5, 5.41) is 3.03. The molecule has 0 aliphatic rings. The first-order chi connectivity index (χ1) is 6.85. The fraction of sp³-hybridized carbons (Fsp3) is 0.889. The van der Waals surface area contributed by atoms with E-state index >= 15 is 0 Å². The van der Waals surface area contributed by atoms with Gasteiger partial charge in [0.1, 0.15) is 9.84 Å². The molecule has 0 heterocycles. The minimum Gasteiger partial charge on any atom is -0.469 e. The molecule has 1 atom stereocenters. The Morgan fingerprint density at radius 1 is 1.47 bits per heavy atom. The van der Waals surface area contributed by atoms with E-state index in [2.05, 4.69) is 10.1 Å². The molecule has 5 nitrogen and oxygen atoms in total. The molecule has 0 aromatic carbocycles. The molecule has 0 amide bonds. The van der Waals surface area contributed by atoms with Crippen LogP contribution in [-0.2, 0) is 19.4 Å². The summed E-state index contributed by atoms with van der Waals surface area (Å²) in [7, 11) is -1.59. The molecule has 1 N–H and O–H groups in total. The summed E-state index contributed by atoms with van der Waals surface area (Å²) in [5.41, 5.74) is 0. The van der Waals surface area contributed by atoms with Gasteiger partial charge in [-0.25, -0.2) is 8.42 Å². The molecule has 1 unspecified atom stereocenters. The molecule has 0 spiro atoms. The van der Waals surface area contributed by atoms with E-state index in [9.17, 15) is 13.2 Å². The summed E-state index contributed by atoms with van der Waals surface area (Å²) in [4.78, 5) is 10.7. The number of nitrogens with one attached hydrogen (secondary N) is 1. The Bertz CT molecular complexity index is 286. The van der Waals surface area contributed by atoms with E-state index in [0.717, 1.165) is 0 Å². The number of carbonyl (C=O) groups excluding carboxylic acids is 1. The zero-order valence-corrected chi connectivity index (χ0v) is 10.3. The van der Waals surface area contributed by atoms with Crippen molar-refractivity contribution >= 4 is 15.8 Å². The average molecular weight is 237 g/mol. The molecule has 0 bridgehead atoms. The lowest BCUT2D eigenvalue weighted by Crippen LogP contribution is -2.33. The van der Waals surface area contributed by atoms with E-state index in [1.807, 2.05) is 0 Å². The smallest absolute Gasteiger partial charge is 0.305 e. The molecule has 0 aromatic heterocycles. The summed E-state index contributed by atoms with van der Waals surface area (Å²) in [6, 6.07) is -0.0855. The third-order valence-corrected chi connectivity index (χ3v) is 2.94. The van der Waals surface area contributed by atoms with Gasteiger partial charge >= 0.3 is 5.97 Å². The van der Waals surface area contributed by atoms with Gasteiger partial charge in [-0.3, -0.25) is 4.79 Å². The van der Waals surface area contributed by atoms with Gasteiger partial charge in [-0.2, -0.15) is 0 Å². The normalized spacial score (nSPS) is 13.5. The van der Waals surface area contributed by atoms with Crippen molar-refractivity contribution in [3.05, 3.63) is 0 Å². The van der Waals surface area contributed by atoms with Crippen LogP contribution in [0.5, 0.6) is 0 Å². The number of ether oxygens (including phenoxy) is 1. The Hall–Kier alpha value is -0.620. The molecule has 0 radical (unpaired) electrons. The van der Waals surface area contributed by atoms with Gasteiger partial charge in [0.25, 0.3) is 0 Å². The third kappa shape index (κ3) is 9.68. The summed E-state index contributed by atoms with van der Waals surface area (Å²) in [5.74, 6) is -0.127. The largest absolute Gasteiger partial charge is 0.469 e. The Balaban J connectivity index is 3.56. The highest BCUT2D eigenvalue weighted by molar-refractivity contribution is 7.90. The lowest BCUT2D eigenvalue weighted by Gasteiger charge is -2.11. The lowest BCUT2D eigenvalue weighted by atomic mass is 10.3. The van der Waals surface area contributed by atoms with E-state index in [0.29, 0.717) is 19.4 Å². The van der Waals surface area contributed by atoms with Crippen molar-refractivity contribution in [2.75, 3.05) is 25.7 Å². The summed E-state index contributed by atoms with van der Waals surface area (Å²) in [6.45, 7) is 2.42. The Morgan fingerprint density at radius 2 is 2.07 bits per heavy atom. The average Bonchev–Trinajstić information content (AvgIpc) is 2.09. The second kappa shape index (κ2) is 6.79. The summed E-state index contributed by atoms with van der Waals surface area (Å²) >= 11 is 0. The monoisotopic (exact) mass is 237 g/mol. The molecule has 6 heteroatoms. The van der Waals surface area contributed by atoms with Gasteiger partial charge in [0.2, 0.25) is 0 Å². The maximum absolute atomic E-state index is 10.9. The van der Waals surface area contributed by atoms with Crippen LogP contribution in [0.15, 0.2) is 0 Å². The number of esters is 1. The van der Waals surface area contributed by atoms with Crippen LogP contribution in [0, 0.1) is 0 Å². The van der Waals surface area contributed by atoms with Gasteiger partial charge in [0.15, 0.2) is 0 Å². The molecular formula is C9H19NO4S. The van der Waals surface area contributed by atoms with Crippen molar-refractivity contribution < 1.29 is 17.9 Å². The molecule has 0 saturated carbocycles. The summed E-state index contributed by atoms with van der Waals surface area (Å²) < 4.78 is 26.3. The van der Waals surface area contributed by atoms with E-state index in [4.69, 9.17) is 0 Å². The first kappa shape index (κ1) is 14.4. The second-order valence-corrected chi connectivity index (χ2v) is 5.81. The zero-order valence-electron chi connectivity index (χ0n) is 9.45. The van der Waals surface area contributed by atoms with Gasteiger partial charge in [-0.1, -0.05) is 0 Å². The molecule has 90 valence electrons. The number of rotatable bonds is 7. The molecular weight excluding hydrogens is 218 g/mol. The van der Waals surface area contributed by atoms with E-state index in [-0.39, 0.29) is 17.8 Å². The SMILES string of the molecule is COC(=O)CCCNC(C)CS(C)(=O)=O. The standard InChI is InChI=1S/C9H19NO4S/c1-8(7-15(3,12)13)10-6-4-5-9(11)14-2/h8,10H,4-7H2,1-3H3. The third-order valence-electron chi connectivity index (χ3n) is 1.83. The molecule has 0 aliphatic heterocycles. The van der Waals surface area contributed by atoms with E-state index in [1.165, 1.54) is 13.4 Å². The highest BCUT2D eigenvalue weighted by atomic mass is 32.2. The van der Waals surface area contributed by atoms with E-state index < -0.39 is 9.84 Å². The fourth-order valence-corrected chi connectivity index (χ4v) is 2.22. The predicted molar refractivity (Wildman–Crippen MR) is 58.4 cm³/mol. The van der Waals surface area contributed by atoms with Crippen molar-refractivity contribution in [2.45, 2.75) is 25.8 Å². The van der Waals surface area contributed by atoms with Crippen molar-refractivity contribution in [3.8, 4) is 0 Å². The van der Waals surface area contributed by atoms with Crippen LogP contribution in [0.1, 0.15) is 19.8 Å². The first-order valence-electron chi connectivity index (χ1n) is 4.83. The second-order valence-electron chi connectivity index (χ2n) is 3.63. The number of hydrogen-bond acceptors (Lipinski definition) is 5. The molecule has 0 rings (SSSR count). The van der Waals surface area contributed by atoms with Gasteiger partial charge in [0.05, 0.1) is 12.9 Å². The maximum atomic E-state index is 10.9. The summed E-state index contributed by atoms with van der Waals surface area (Å²) in [6.07, 6.45) is 2.22. The molecule has 0 aromatic rings. The van der Waals surface area contributed by atoms with Gasteiger partial charge in [0, 0.05) is 18.7 Å². The molecule has 0 aliphatic carbocycles. The lowest BCUT2D eigenvalue weighted by molar-refractivity contribution is -0.140. The van der Waals surface area contributed by atoms with Crippen LogP contribution >= 0.6 is 0 Å². The molecule has 0 fully saturated rings. The van der Waals surface area contributed by atoms with Crippen LogP contribution in [0.4, 0.5) is 0 Å². The van der Waals surface area contributed by atoms with Crippen molar-refractivity contribution in [1.82, 2.24) is 5.32 Å². The maximum Gasteiger partial charge on any atom is 0.305 e. The highest BCUT2D eigenvalue weighted by Crippen LogP contribution is 1.93. The first-order valence-corrected chi connectivity index (χ1v) is 6.89. The Kier molecular flexibility index (Phi) is 6.51. The highest BCUT2D eigenvalue weighted by Gasteiger charge is 2.09. The van der Waals surface area contributed by atoms with Gasteiger partial charge in [-0.05, 0) is 19.9 Å². The number of hydrogen-bond donors (Lipinski definition) is 1. The van der Waals surface area contributed by atoms with Crippen LogP contribution < -0.4 is 5.32 Å². The number of sulfone groups is 1. The van der Waals surface area contributed by atoms with Crippen LogP contribution in [0.2, 0.25) is 0 Å². The van der Waals surface area contributed by atoms with E-state index in [1.54, 1.807) is 6.92 Å². The van der Waals surface area contributed by atoms with Crippen molar-refractivity contribution in [2.24, 2.45) is 0 Å². The molecule has 0 saturated heterocycles. The fourth-order valence-electron chi connectivity index (χ4n) is 1.20. The van der Waals surface area contributed by atoms with Crippen molar-refractivity contribution in [1.29, 1.82) is 0 Å². The zero-order chi connectivity index (χ0) is 11.9. The van der Waals surface area contributed by atoms with Crippen LogP contribution in [-0.4, -0.2) is 46.1 Å². The van der Waals surface area contributed by atoms with Crippen LogP contribution in [0.25, 0.3) is 0 Å². The quantitative estimate of drug-likeness (QED) is 0.497. The topological polar surface area (TPSA) is 72.5 Å². The van der Waals surface area contributed by atoms with Gasteiger partial charge in [-0.15, -0.1) is 0 Å². The molecule has 15 heavy (non-hydrogen) atoms. The van der Waals surface area contributed by atoms with Crippen molar-refractivity contribution in [3.63, 3.8) is 0 Å². The predicted octanol–water partition coefficient (Wildman–Crippen LogP) is -0.0377. The minimum absolute atomic E-state index is 0.0855. The van der Waals surface area contributed by atoms with Gasteiger partial charge < -0.3 is 10.1 Å².